The van der Waals surface area contributed by atoms with Gasteiger partial charge in [0.05, 0.1) is 12.2 Å². The smallest absolute Gasteiger partial charge is 0.0821 e. The van der Waals surface area contributed by atoms with E-state index in [1.807, 2.05) is 17.9 Å². The number of nitrogens with zero attached hydrogens (tertiary/aromatic N) is 3. The van der Waals surface area contributed by atoms with Gasteiger partial charge in [-0.05, 0) is 37.1 Å². The van der Waals surface area contributed by atoms with Gasteiger partial charge in [0.15, 0.2) is 0 Å². The minimum atomic E-state index is 0.463. The Kier molecular flexibility index (Phi) is 4.80. The van der Waals surface area contributed by atoms with E-state index >= 15 is 0 Å². The lowest BCUT2D eigenvalue weighted by molar-refractivity contribution is 0.517. The number of nitrogens with one attached hydrogen (secondary N) is 1. The first-order valence-corrected chi connectivity index (χ1v) is 7.10. The molecule has 4 nitrogen and oxygen atoms in total. The molecule has 2 aromatic heterocycles. The molecular weight excluding hydrogens is 236 g/mol. The van der Waals surface area contributed by atoms with Crippen LogP contribution in [0.1, 0.15) is 44.0 Å². The van der Waals surface area contributed by atoms with Crippen LogP contribution in [0.15, 0.2) is 30.7 Å². The van der Waals surface area contributed by atoms with E-state index in [1.165, 1.54) is 12.0 Å². The average Bonchev–Trinajstić information content (AvgIpc) is 3.01. The fraction of sp³-hybridized carbons (Fsp3) is 0.533. The zero-order valence-electron chi connectivity index (χ0n) is 12.1. The predicted molar refractivity (Wildman–Crippen MR) is 78.1 cm³/mol. The summed E-state index contributed by atoms with van der Waals surface area (Å²) in [5, 5.41) is 7.99. The molecule has 2 aromatic rings. The van der Waals surface area contributed by atoms with E-state index in [0.29, 0.717) is 6.04 Å². The molecule has 0 radical (unpaired) electrons. The quantitative estimate of drug-likeness (QED) is 0.830. The second-order valence-corrected chi connectivity index (χ2v) is 5.01. The van der Waals surface area contributed by atoms with Crippen LogP contribution in [-0.4, -0.2) is 20.9 Å². The summed E-state index contributed by atoms with van der Waals surface area (Å²) in [6.07, 6.45) is 8.64. The molecule has 0 aromatic carbocycles. The fourth-order valence-corrected chi connectivity index (χ4v) is 2.31. The Morgan fingerprint density at radius 1 is 1.26 bits per heavy atom. The Balaban J connectivity index is 2.01. The zero-order chi connectivity index (χ0) is 13.7. The maximum atomic E-state index is 4.41. The molecule has 0 amide bonds. The summed E-state index contributed by atoms with van der Waals surface area (Å²) >= 11 is 0. The highest BCUT2D eigenvalue weighted by molar-refractivity contribution is 5.16. The lowest BCUT2D eigenvalue weighted by Gasteiger charge is -2.14. The van der Waals surface area contributed by atoms with Crippen molar-refractivity contribution in [2.75, 3.05) is 6.54 Å². The van der Waals surface area contributed by atoms with Crippen LogP contribution in [0.3, 0.4) is 0 Å². The van der Waals surface area contributed by atoms with Gasteiger partial charge in [0.2, 0.25) is 0 Å². The highest BCUT2D eigenvalue weighted by atomic mass is 15.3. The molecule has 0 bridgehead atoms. The van der Waals surface area contributed by atoms with Gasteiger partial charge in [0, 0.05) is 31.7 Å². The van der Waals surface area contributed by atoms with Crippen LogP contribution in [0, 0.1) is 0 Å². The molecule has 104 valence electrons. The largest absolute Gasteiger partial charge is 0.348 e. The van der Waals surface area contributed by atoms with Crippen LogP contribution < -0.4 is 5.32 Å². The van der Waals surface area contributed by atoms with Crippen LogP contribution in [0.25, 0.3) is 0 Å². The molecule has 2 heterocycles. The van der Waals surface area contributed by atoms with Gasteiger partial charge in [-0.2, -0.15) is 5.10 Å². The highest BCUT2D eigenvalue weighted by Crippen LogP contribution is 2.17. The standard InChI is InChI=1S/C15H24N4/c1-4-8-16-15(5-2)13-6-10-19(11-13)12-14-7-9-18(3)17-14/h6-7,9-11,15-16H,4-5,8,12H2,1-3H3. The van der Waals surface area contributed by atoms with Crippen LogP contribution in [0.2, 0.25) is 0 Å². The third kappa shape index (κ3) is 3.70. The minimum Gasteiger partial charge on any atom is -0.348 e. The molecule has 1 unspecified atom stereocenters. The summed E-state index contributed by atoms with van der Waals surface area (Å²) in [5.74, 6) is 0. The Labute approximate surface area is 115 Å². The zero-order valence-corrected chi connectivity index (χ0v) is 12.1. The van der Waals surface area contributed by atoms with Crippen molar-refractivity contribution in [2.45, 2.75) is 39.3 Å². The number of rotatable bonds is 7. The summed E-state index contributed by atoms with van der Waals surface area (Å²) in [7, 11) is 1.95. The fourth-order valence-electron chi connectivity index (χ4n) is 2.31. The molecule has 4 heteroatoms. The topological polar surface area (TPSA) is 34.8 Å². The second-order valence-electron chi connectivity index (χ2n) is 5.01. The van der Waals surface area contributed by atoms with Crippen LogP contribution >= 0.6 is 0 Å². The summed E-state index contributed by atoms with van der Waals surface area (Å²) in [4.78, 5) is 0. The van der Waals surface area contributed by atoms with Gasteiger partial charge in [-0.15, -0.1) is 0 Å². The molecule has 0 fully saturated rings. The van der Waals surface area contributed by atoms with Crippen LogP contribution in [0.4, 0.5) is 0 Å². The predicted octanol–water partition coefficient (Wildman–Crippen LogP) is 2.72. The van der Waals surface area contributed by atoms with Gasteiger partial charge >= 0.3 is 0 Å². The number of aromatic nitrogens is 3. The van der Waals surface area contributed by atoms with E-state index in [4.69, 9.17) is 0 Å². The molecular formula is C15H24N4. The number of hydrogen-bond donors (Lipinski definition) is 1. The molecule has 1 N–H and O–H groups in total. The molecule has 1 atom stereocenters. The van der Waals surface area contributed by atoms with Crippen LogP contribution in [-0.2, 0) is 13.6 Å². The Hall–Kier alpha value is -1.55. The molecule has 0 saturated heterocycles. The Bertz CT molecular complexity index is 498. The van der Waals surface area contributed by atoms with Crippen molar-refractivity contribution in [1.29, 1.82) is 0 Å². The monoisotopic (exact) mass is 260 g/mol. The third-order valence-corrected chi connectivity index (χ3v) is 3.34. The Morgan fingerprint density at radius 3 is 2.74 bits per heavy atom. The highest BCUT2D eigenvalue weighted by Gasteiger charge is 2.09. The van der Waals surface area contributed by atoms with E-state index in [-0.39, 0.29) is 0 Å². The lowest BCUT2D eigenvalue weighted by atomic mass is 10.1. The third-order valence-electron chi connectivity index (χ3n) is 3.34. The van der Waals surface area contributed by atoms with Gasteiger partial charge in [-0.1, -0.05) is 13.8 Å². The molecule has 0 aliphatic carbocycles. The summed E-state index contributed by atoms with van der Waals surface area (Å²) in [5.41, 5.74) is 2.46. The maximum Gasteiger partial charge on any atom is 0.0821 e. The van der Waals surface area contributed by atoms with Crippen molar-refractivity contribution in [3.8, 4) is 0 Å². The maximum absolute atomic E-state index is 4.41. The first-order chi connectivity index (χ1) is 9.22. The van der Waals surface area contributed by atoms with E-state index < -0.39 is 0 Å². The van der Waals surface area contributed by atoms with Crippen molar-refractivity contribution < 1.29 is 0 Å². The van der Waals surface area contributed by atoms with Gasteiger partial charge in [-0.25, -0.2) is 0 Å². The molecule has 0 spiro atoms. The molecule has 19 heavy (non-hydrogen) atoms. The molecule has 2 rings (SSSR count). The van der Waals surface area contributed by atoms with Crippen molar-refractivity contribution >= 4 is 0 Å². The minimum absolute atomic E-state index is 0.463. The normalized spacial score (nSPS) is 12.8. The lowest BCUT2D eigenvalue weighted by Crippen LogP contribution is -2.21. The number of aryl methyl sites for hydroxylation is 1. The van der Waals surface area contributed by atoms with Crippen LogP contribution in [0.5, 0.6) is 0 Å². The number of hydrogen-bond acceptors (Lipinski definition) is 2. The molecule has 0 aliphatic rings. The molecule has 0 aliphatic heterocycles. The van der Waals surface area contributed by atoms with E-state index in [9.17, 15) is 0 Å². The van der Waals surface area contributed by atoms with Crippen molar-refractivity contribution in [1.82, 2.24) is 19.7 Å². The van der Waals surface area contributed by atoms with Gasteiger partial charge in [-0.3, -0.25) is 4.68 Å². The van der Waals surface area contributed by atoms with Crippen molar-refractivity contribution in [3.05, 3.63) is 42.0 Å². The summed E-state index contributed by atoms with van der Waals surface area (Å²) < 4.78 is 4.05. The first-order valence-electron chi connectivity index (χ1n) is 7.10. The van der Waals surface area contributed by atoms with Crippen molar-refractivity contribution in [2.24, 2.45) is 7.05 Å². The van der Waals surface area contributed by atoms with Gasteiger partial charge in [0.25, 0.3) is 0 Å². The van der Waals surface area contributed by atoms with E-state index in [2.05, 4.69) is 53.4 Å². The second kappa shape index (κ2) is 6.57. The Morgan fingerprint density at radius 2 is 2.11 bits per heavy atom. The SMILES string of the molecule is CCCNC(CC)c1ccn(Cc2ccn(C)n2)c1. The van der Waals surface area contributed by atoms with E-state index in [1.54, 1.807) is 0 Å². The first kappa shape index (κ1) is 13.9. The molecule has 0 saturated carbocycles. The van der Waals surface area contributed by atoms with E-state index in [0.717, 1.165) is 25.2 Å². The van der Waals surface area contributed by atoms with Gasteiger partial charge < -0.3 is 9.88 Å². The van der Waals surface area contributed by atoms with Crippen molar-refractivity contribution in [3.63, 3.8) is 0 Å². The summed E-state index contributed by atoms with van der Waals surface area (Å²) in [6.45, 7) is 6.34. The summed E-state index contributed by atoms with van der Waals surface area (Å²) in [6, 6.07) is 4.73. The average molecular weight is 260 g/mol. The van der Waals surface area contributed by atoms with Gasteiger partial charge in [0.1, 0.15) is 0 Å².